The first-order valence-corrected chi connectivity index (χ1v) is 8.89. The van der Waals surface area contributed by atoms with Gasteiger partial charge in [-0.2, -0.15) is 0 Å². The SMILES string of the molecule is CC(C)CS(=O)(=O)CC(=O)NC[C@H]1Cc2ccccc2O1. The van der Waals surface area contributed by atoms with Crippen LogP contribution >= 0.6 is 0 Å². The highest BCUT2D eigenvalue weighted by atomic mass is 32.2. The van der Waals surface area contributed by atoms with Crippen molar-refractivity contribution in [3.05, 3.63) is 29.8 Å². The molecule has 2 rings (SSSR count). The molecule has 1 N–H and O–H groups in total. The molecule has 1 atom stereocenters. The van der Waals surface area contributed by atoms with E-state index in [9.17, 15) is 13.2 Å². The van der Waals surface area contributed by atoms with E-state index in [4.69, 9.17) is 4.74 Å². The lowest BCUT2D eigenvalue weighted by molar-refractivity contribution is -0.118. The fraction of sp³-hybridized carbons (Fsp3) is 0.533. The lowest BCUT2D eigenvalue weighted by Gasteiger charge is -2.12. The molecule has 1 amide bonds. The molecule has 1 aromatic carbocycles. The molecule has 0 saturated heterocycles. The monoisotopic (exact) mass is 311 g/mol. The average Bonchev–Trinajstić information content (AvgIpc) is 2.76. The second kappa shape index (κ2) is 6.47. The van der Waals surface area contributed by atoms with Crippen molar-refractivity contribution in [3.8, 4) is 5.75 Å². The van der Waals surface area contributed by atoms with Crippen LogP contribution in [0.1, 0.15) is 19.4 Å². The van der Waals surface area contributed by atoms with E-state index in [1.165, 1.54) is 0 Å². The van der Waals surface area contributed by atoms with Crippen LogP contribution in [0.3, 0.4) is 0 Å². The predicted molar refractivity (Wildman–Crippen MR) is 81.1 cm³/mol. The van der Waals surface area contributed by atoms with Gasteiger partial charge in [-0.05, 0) is 17.5 Å². The van der Waals surface area contributed by atoms with Crippen molar-refractivity contribution in [2.24, 2.45) is 5.92 Å². The highest BCUT2D eigenvalue weighted by Gasteiger charge is 2.24. The zero-order valence-corrected chi connectivity index (χ0v) is 13.2. The predicted octanol–water partition coefficient (Wildman–Crippen LogP) is 1.18. The lowest BCUT2D eigenvalue weighted by atomic mass is 10.1. The van der Waals surface area contributed by atoms with Crippen molar-refractivity contribution in [1.29, 1.82) is 0 Å². The van der Waals surface area contributed by atoms with E-state index >= 15 is 0 Å². The molecule has 0 spiro atoms. The van der Waals surface area contributed by atoms with E-state index in [2.05, 4.69) is 5.32 Å². The Labute approximate surface area is 125 Å². The van der Waals surface area contributed by atoms with Crippen molar-refractivity contribution in [2.75, 3.05) is 18.1 Å². The van der Waals surface area contributed by atoms with Crippen LogP contribution in [-0.2, 0) is 21.1 Å². The molecule has 0 saturated carbocycles. The molecule has 0 aliphatic carbocycles. The summed E-state index contributed by atoms with van der Waals surface area (Å²) in [5.41, 5.74) is 1.11. The normalized spacial score (nSPS) is 17.4. The quantitative estimate of drug-likeness (QED) is 0.856. The van der Waals surface area contributed by atoms with Gasteiger partial charge in [-0.3, -0.25) is 4.79 Å². The van der Waals surface area contributed by atoms with E-state index in [0.29, 0.717) is 6.54 Å². The first-order valence-electron chi connectivity index (χ1n) is 7.07. The molecule has 0 bridgehead atoms. The van der Waals surface area contributed by atoms with Gasteiger partial charge in [0.25, 0.3) is 0 Å². The molecular formula is C15H21NO4S. The molecule has 1 heterocycles. The van der Waals surface area contributed by atoms with Crippen LogP contribution < -0.4 is 10.1 Å². The molecule has 116 valence electrons. The van der Waals surface area contributed by atoms with Crippen LogP contribution in [0.4, 0.5) is 0 Å². The minimum atomic E-state index is -3.33. The highest BCUT2D eigenvalue weighted by molar-refractivity contribution is 7.92. The summed E-state index contributed by atoms with van der Waals surface area (Å²) >= 11 is 0. The molecule has 0 fully saturated rings. The topological polar surface area (TPSA) is 72.5 Å². The zero-order valence-electron chi connectivity index (χ0n) is 12.3. The summed E-state index contributed by atoms with van der Waals surface area (Å²) in [5, 5.41) is 2.65. The number of rotatable bonds is 6. The molecule has 6 heteroatoms. The minimum Gasteiger partial charge on any atom is -0.488 e. The Morgan fingerprint density at radius 1 is 1.38 bits per heavy atom. The standard InChI is InChI=1S/C15H21NO4S/c1-11(2)9-21(18,19)10-15(17)16-8-13-7-12-5-3-4-6-14(12)20-13/h3-6,11,13H,7-10H2,1-2H3,(H,16,17)/t13-/m1/s1. The van der Waals surface area contributed by atoms with Gasteiger partial charge in [-0.15, -0.1) is 0 Å². The van der Waals surface area contributed by atoms with Crippen molar-refractivity contribution in [2.45, 2.75) is 26.4 Å². The van der Waals surface area contributed by atoms with Crippen molar-refractivity contribution in [3.63, 3.8) is 0 Å². The summed E-state index contributed by atoms with van der Waals surface area (Å²) in [4.78, 5) is 11.7. The van der Waals surface area contributed by atoms with Gasteiger partial charge in [0.05, 0.1) is 12.3 Å². The number of hydrogen-bond donors (Lipinski definition) is 1. The summed E-state index contributed by atoms with van der Waals surface area (Å²) in [6, 6.07) is 7.73. The lowest BCUT2D eigenvalue weighted by Crippen LogP contribution is -2.38. The third kappa shape index (κ3) is 4.74. The fourth-order valence-corrected chi connectivity index (χ4v) is 4.05. The van der Waals surface area contributed by atoms with Crippen LogP contribution in [0.5, 0.6) is 5.75 Å². The number of benzene rings is 1. The second-order valence-electron chi connectivity index (χ2n) is 5.80. The Balaban J connectivity index is 1.78. The van der Waals surface area contributed by atoms with Gasteiger partial charge >= 0.3 is 0 Å². The number of hydrogen-bond acceptors (Lipinski definition) is 4. The first kappa shape index (κ1) is 15.8. The Kier molecular flexibility index (Phi) is 4.88. The van der Waals surface area contributed by atoms with Gasteiger partial charge < -0.3 is 10.1 Å². The molecular weight excluding hydrogens is 290 g/mol. The summed E-state index contributed by atoms with van der Waals surface area (Å²) in [5.74, 6) is -0.0220. The van der Waals surface area contributed by atoms with Crippen LogP contribution in [0.2, 0.25) is 0 Å². The molecule has 1 aliphatic rings. The van der Waals surface area contributed by atoms with Gasteiger partial charge in [0.1, 0.15) is 17.6 Å². The maximum atomic E-state index is 11.7. The Hall–Kier alpha value is -1.56. The maximum Gasteiger partial charge on any atom is 0.235 e. The number of nitrogens with one attached hydrogen (secondary N) is 1. The maximum absolute atomic E-state index is 11.7. The molecule has 1 aliphatic heterocycles. The average molecular weight is 311 g/mol. The van der Waals surface area contributed by atoms with Gasteiger partial charge in [0.2, 0.25) is 5.91 Å². The highest BCUT2D eigenvalue weighted by Crippen LogP contribution is 2.27. The number of sulfone groups is 1. The molecule has 0 aromatic heterocycles. The molecule has 21 heavy (non-hydrogen) atoms. The fourth-order valence-electron chi connectivity index (χ4n) is 2.41. The second-order valence-corrected chi connectivity index (χ2v) is 7.91. The van der Waals surface area contributed by atoms with Crippen LogP contribution in [0.25, 0.3) is 0 Å². The van der Waals surface area contributed by atoms with E-state index < -0.39 is 21.5 Å². The Morgan fingerprint density at radius 2 is 2.10 bits per heavy atom. The third-order valence-electron chi connectivity index (χ3n) is 3.18. The minimum absolute atomic E-state index is 0.0236. The summed E-state index contributed by atoms with van der Waals surface area (Å²) in [6.07, 6.45) is 0.606. The summed E-state index contributed by atoms with van der Waals surface area (Å²) in [6.45, 7) is 3.96. The molecule has 0 unspecified atom stereocenters. The van der Waals surface area contributed by atoms with Crippen LogP contribution in [0, 0.1) is 5.92 Å². The van der Waals surface area contributed by atoms with E-state index in [1.54, 1.807) is 0 Å². The Bertz CT molecular complexity index is 585. The Morgan fingerprint density at radius 3 is 2.76 bits per heavy atom. The number of ether oxygens (including phenoxy) is 1. The first-order chi connectivity index (χ1) is 9.85. The molecule has 1 aromatic rings. The van der Waals surface area contributed by atoms with Crippen LogP contribution in [0.15, 0.2) is 24.3 Å². The zero-order chi connectivity index (χ0) is 15.5. The van der Waals surface area contributed by atoms with Crippen molar-refractivity contribution < 1.29 is 17.9 Å². The molecule has 5 nitrogen and oxygen atoms in total. The van der Waals surface area contributed by atoms with Crippen molar-refractivity contribution >= 4 is 15.7 Å². The number of fused-ring (bicyclic) bond motifs is 1. The van der Waals surface area contributed by atoms with Crippen molar-refractivity contribution in [1.82, 2.24) is 5.32 Å². The largest absolute Gasteiger partial charge is 0.488 e. The van der Waals surface area contributed by atoms with Gasteiger partial charge in [-0.1, -0.05) is 32.0 Å². The third-order valence-corrected chi connectivity index (χ3v) is 5.06. The molecule has 0 radical (unpaired) electrons. The van der Waals surface area contributed by atoms with Crippen LogP contribution in [-0.4, -0.2) is 38.5 Å². The van der Waals surface area contributed by atoms with Gasteiger partial charge in [-0.25, -0.2) is 8.42 Å². The summed E-state index contributed by atoms with van der Waals surface area (Å²) in [7, 11) is -3.33. The summed E-state index contributed by atoms with van der Waals surface area (Å²) < 4.78 is 29.2. The number of amides is 1. The number of carbonyl (C=O) groups excluding carboxylic acids is 1. The smallest absolute Gasteiger partial charge is 0.235 e. The van der Waals surface area contributed by atoms with E-state index in [0.717, 1.165) is 17.7 Å². The van der Waals surface area contributed by atoms with E-state index in [1.807, 2.05) is 38.1 Å². The number of para-hydroxylation sites is 1. The van der Waals surface area contributed by atoms with Gasteiger partial charge in [0, 0.05) is 6.42 Å². The van der Waals surface area contributed by atoms with Gasteiger partial charge in [0.15, 0.2) is 9.84 Å². The van der Waals surface area contributed by atoms with E-state index in [-0.39, 0.29) is 17.8 Å². The number of carbonyl (C=O) groups is 1.